The van der Waals surface area contributed by atoms with Gasteiger partial charge in [-0.25, -0.2) is 13.1 Å². The van der Waals surface area contributed by atoms with Gasteiger partial charge < -0.3 is 10.0 Å². The van der Waals surface area contributed by atoms with E-state index in [1.807, 2.05) is 17.5 Å². The molecule has 0 spiro atoms. The Balaban J connectivity index is 2.14. The smallest absolute Gasteiger partial charge is 0.305 e. The molecule has 0 unspecified atom stereocenters. The van der Waals surface area contributed by atoms with Crippen molar-refractivity contribution in [2.75, 3.05) is 13.1 Å². The third-order valence-corrected chi connectivity index (χ3v) is 5.95. The number of carbonyl (C=O) groups is 2. The van der Waals surface area contributed by atoms with Gasteiger partial charge in [-0.2, -0.15) is 0 Å². The number of benzene rings is 1. The minimum Gasteiger partial charge on any atom is -0.481 e. The molecule has 7 nitrogen and oxygen atoms in total. The van der Waals surface area contributed by atoms with Crippen LogP contribution in [0.3, 0.4) is 0 Å². The summed E-state index contributed by atoms with van der Waals surface area (Å²) in [6.45, 7) is 2.32. The molecule has 2 N–H and O–H groups in total. The maximum atomic E-state index is 12.5. The number of hydrogen-bond acceptors (Lipinski definition) is 5. The molecular weight excluding hydrogens is 376 g/mol. The van der Waals surface area contributed by atoms with Crippen LogP contribution in [0.25, 0.3) is 0 Å². The van der Waals surface area contributed by atoms with Gasteiger partial charge in [-0.1, -0.05) is 12.1 Å². The zero-order valence-corrected chi connectivity index (χ0v) is 15.8. The molecular formula is C17H20N2O5S2. The lowest BCUT2D eigenvalue weighted by atomic mass is 10.2. The van der Waals surface area contributed by atoms with Crippen LogP contribution in [-0.4, -0.2) is 43.4 Å². The second kappa shape index (κ2) is 8.93. The summed E-state index contributed by atoms with van der Waals surface area (Å²) in [5.74, 6) is -1.39. The van der Waals surface area contributed by atoms with Gasteiger partial charge >= 0.3 is 5.97 Å². The van der Waals surface area contributed by atoms with Crippen LogP contribution < -0.4 is 4.72 Å². The van der Waals surface area contributed by atoms with Gasteiger partial charge in [0.1, 0.15) is 0 Å². The maximum Gasteiger partial charge on any atom is 0.305 e. The van der Waals surface area contributed by atoms with Crippen LogP contribution in [0.4, 0.5) is 0 Å². The summed E-state index contributed by atoms with van der Waals surface area (Å²) in [5.41, 5.74) is 0.205. The molecule has 1 aromatic carbocycles. The van der Waals surface area contributed by atoms with Gasteiger partial charge in [-0.3, -0.25) is 9.59 Å². The fraction of sp³-hybridized carbons (Fsp3) is 0.294. The number of rotatable bonds is 9. The predicted molar refractivity (Wildman–Crippen MR) is 98.6 cm³/mol. The summed E-state index contributed by atoms with van der Waals surface area (Å²) >= 11 is 1.45. The number of carbonyl (C=O) groups excluding carboxylic acids is 1. The van der Waals surface area contributed by atoms with Gasteiger partial charge in [0.15, 0.2) is 0 Å². The fourth-order valence-corrected chi connectivity index (χ4v) is 4.06. The second-order valence-electron chi connectivity index (χ2n) is 5.46. The molecule has 0 saturated heterocycles. The van der Waals surface area contributed by atoms with Crippen LogP contribution >= 0.6 is 11.3 Å². The number of hydrogen-bond donors (Lipinski definition) is 2. The van der Waals surface area contributed by atoms with Crippen LogP contribution in [-0.2, 0) is 21.4 Å². The third-order valence-electron chi connectivity index (χ3n) is 3.67. The Bertz CT molecular complexity index is 863. The van der Waals surface area contributed by atoms with Crippen molar-refractivity contribution in [1.29, 1.82) is 0 Å². The largest absolute Gasteiger partial charge is 0.481 e. The first-order valence-corrected chi connectivity index (χ1v) is 10.3. The zero-order valence-electron chi connectivity index (χ0n) is 14.2. The fourth-order valence-electron chi connectivity index (χ4n) is 2.28. The Morgan fingerprint density at radius 3 is 2.62 bits per heavy atom. The maximum absolute atomic E-state index is 12.5. The van der Waals surface area contributed by atoms with Crippen LogP contribution in [0.1, 0.15) is 28.6 Å². The van der Waals surface area contributed by atoms with Gasteiger partial charge in [0, 0.05) is 30.1 Å². The highest BCUT2D eigenvalue weighted by Gasteiger charge is 2.19. The molecule has 0 saturated carbocycles. The van der Waals surface area contributed by atoms with Crippen molar-refractivity contribution < 1.29 is 23.1 Å². The van der Waals surface area contributed by atoms with Crippen molar-refractivity contribution in [1.82, 2.24) is 9.62 Å². The average Bonchev–Trinajstić information content (AvgIpc) is 3.14. The first-order chi connectivity index (χ1) is 12.3. The van der Waals surface area contributed by atoms with Gasteiger partial charge in [-0.05, 0) is 36.6 Å². The Kier molecular flexibility index (Phi) is 6.90. The lowest BCUT2D eigenvalue weighted by Gasteiger charge is -2.20. The molecule has 2 aromatic rings. The summed E-state index contributed by atoms with van der Waals surface area (Å²) in [7, 11) is -3.76. The van der Waals surface area contributed by atoms with Crippen molar-refractivity contribution in [3.05, 3.63) is 52.2 Å². The number of nitrogens with zero attached hydrogens (tertiary/aromatic N) is 1. The quantitative estimate of drug-likeness (QED) is 0.676. The number of thiophene rings is 1. The molecule has 0 aliphatic heterocycles. The summed E-state index contributed by atoms with van der Waals surface area (Å²) in [6.07, 6.45) is -0.167. The molecule has 1 amide bonds. The normalized spacial score (nSPS) is 11.3. The highest BCUT2D eigenvalue weighted by atomic mass is 32.2. The second-order valence-corrected chi connectivity index (χ2v) is 8.26. The Morgan fingerprint density at radius 1 is 1.23 bits per heavy atom. The molecule has 0 aliphatic rings. The highest BCUT2D eigenvalue weighted by molar-refractivity contribution is 7.89. The average molecular weight is 396 g/mol. The van der Waals surface area contributed by atoms with E-state index in [9.17, 15) is 18.0 Å². The highest BCUT2D eigenvalue weighted by Crippen LogP contribution is 2.15. The van der Waals surface area contributed by atoms with E-state index in [4.69, 9.17) is 5.11 Å². The SMILES string of the molecule is CCN(CCC(=O)O)C(=O)c1cccc(S(=O)(=O)NCc2cccs2)c1. The first kappa shape index (κ1) is 20.1. The third kappa shape index (κ3) is 5.38. The summed E-state index contributed by atoms with van der Waals surface area (Å²) in [4.78, 5) is 25.5. The molecule has 0 atom stereocenters. The number of carboxylic acid groups (broad SMARTS) is 1. The van der Waals surface area contributed by atoms with E-state index in [1.165, 1.54) is 40.5 Å². The van der Waals surface area contributed by atoms with Crippen molar-refractivity contribution >= 4 is 33.2 Å². The van der Waals surface area contributed by atoms with Gasteiger partial charge in [0.25, 0.3) is 5.91 Å². The van der Waals surface area contributed by atoms with Crippen LogP contribution in [0, 0.1) is 0 Å². The van der Waals surface area contributed by atoms with Crippen LogP contribution in [0.2, 0.25) is 0 Å². The number of sulfonamides is 1. The molecule has 1 aromatic heterocycles. The van der Waals surface area contributed by atoms with Crippen molar-refractivity contribution in [3.8, 4) is 0 Å². The number of nitrogens with one attached hydrogen (secondary N) is 1. The number of amides is 1. The minimum absolute atomic E-state index is 0.00538. The molecule has 26 heavy (non-hydrogen) atoms. The number of carboxylic acids is 1. The van der Waals surface area contributed by atoms with Gasteiger partial charge in [0.2, 0.25) is 10.0 Å². The summed E-state index contributed by atoms with van der Waals surface area (Å²) < 4.78 is 27.4. The van der Waals surface area contributed by atoms with E-state index in [0.717, 1.165) is 4.88 Å². The van der Waals surface area contributed by atoms with Gasteiger partial charge in [0.05, 0.1) is 11.3 Å². The van der Waals surface area contributed by atoms with Crippen molar-refractivity contribution in [2.45, 2.75) is 24.8 Å². The molecule has 140 valence electrons. The van der Waals surface area contributed by atoms with Crippen molar-refractivity contribution in [2.24, 2.45) is 0 Å². The number of aliphatic carboxylic acids is 1. The van der Waals surface area contributed by atoms with E-state index >= 15 is 0 Å². The lowest BCUT2D eigenvalue weighted by Crippen LogP contribution is -2.33. The van der Waals surface area contributed by atoms with Gasteiger partial charge in [-0.15, -0.1) is 11.3 Å². The zero-order chi connectivity index (χ0) is 19.2. The molecule has 0 radical (unpaired) electrons. The molecule has 1 heterocycles. The van der Waals surface area contributed by atoms with Crippen LogP contribution in [0.15, 0.2) is 46.7 Å². The summed E-state index contributed by atoms with van der Waals surface area (Å²) in [5, 5.41) is 10.6. The Morgan fingerprint density at radius 2 is 2.00 bits per heavy atom. The Labute approximate surface area is 156 Å². The monoisotopic (exact) mass is 396 g/mol. The van der Waals surface area contributed by atoms with Crippen LogP contribution in [0.5, 0.6) is 0 Å². The van der Waals surface area contributed by atoms with E-state index in [2.05, 4.69) is 4.72 Å². The lowest BCUT2D eigenvalue weighted by molar-refractivity contribution is -0.137. The molecule has 2 rings (SSSR count). The van der Waals surface area contributed by atoms with E-state index < -0.39 is 21.9 Å². The topological polar surface area (TPSA) is 104 Å². The molecule has 0 aliphatic carbocycles. The van der Waals surface area contributed by atoms with E-state index in [-0.39, 0.29) is 30.0 Å². The molecule has 0 fully saturated rings. The standard InChI is InChI=1S/C17H20N2O5S2/c1-2-19(9-8-16(20)21)17(22)13-5-3-7-15(11-13)26(23,24)18-12-14-6-4-10-25-14/h3-7,10-11,18H,2,8-9,12H2,1H3,(H,20,21). The van der Waals surface area contributed by atoms with Crippen molar-refractivity contribution in [3.63, 3.8) is 0 Å². The van der Waals surface area contributed by atoms with E-state index in [0.29, 0.717) is 6.54 Å². The molecule has 0 bridgehead atoms. The summed E-state index contributed by atoms with van der Waals surface area (Å²) in [6, 6.07) is 9.41. The Hall–Kier alpha value is -2.23. The molecule has 9 heteroatoms. The first-order valence-electron chi connectivity index (χ1n) is 7.96. The van der Waals surface area contributed by atoms with E-state index in [1.54, 1.807) is 6.92 Å². The predicted octanol–water partition coefficient (Wildman–Crippen LogP) is 2.16. The minimum atomic E-state index is -3.76.